The van der Waals surface area contributed by atoms with E-state index in [0.29, 0.717) is 11.6 Å². The highest BCUT2D eigenvalue weighted by molar-refractivity contribution is 7.90. The predicted molar refractivity (Wildman–Crippen MR) is 90.9 cm³/mol. The van der Waals surface area contributed by atoms with Crippen molar-refractivity contribution in [2.45, 2.75) is 25.1 Å². The van der Waals surface area contributed by atoms with E-state index in [4.69, 9.17) is 5.73 Å². The summed E-state index contributed by atoms with van der Waals surface area (Å²) in [7, 11) is -3.03. The molecule has 0 radical (unpaired) electrons. The topological polar surface area (TPSA) is 76.3 Å². The van der Waals surface area contributed by atoms with Crippen LogP contribution in [-0.4, -0.2) is 26.2 Å². The Labute approximate surface area is 134 Å². The van der Waals surface area contributed by atoms with Gasteiger partial charge in [-0.1, -0.05) is 6.07 Å². The van der Waals surface area contributed by atoms with Gasteiger partial charge >= 0.3 is 0 Å². The maximum atomic E-state index is 11.3. The molecule has 0 bridgehead atoms. The minimum absolute atomic E-state index is 0.0151. The summed E-state index contributed by atoms with van der Waals surface area (Å²) in [5.41, 5.74) is 10.2. The third-order valence-corrected chi connectivity index (χ3v) is 5.60. The zero-order valence-corrected chi connectivity index (χ0v) is 14.1. The van der Waals surface area contributed by atoms with Crippen molar-refractivity contribution in [2.24, 2.45) is 0 Å². The van der Waals surface area contributed by atoms with Crippen LogP contribution >= 0.6 is 11.3 Å². The van der Waals surface area contributed by atoms with Crippen molar-refractivity contribution in [3.05, 3.63) is 39.8 Å². The van der Waals surface area contributed by atoms with Crippen LogP contribution in [0.1, 0.15) is 22.7 Å². The van der Waals surface area contributed by atoms with Gasteiger partial charge in [0.15, 0.2) is 9.84 Å². The second kappa shape index (κ2) is 5.89. The van der Waals surface area contributed by atoms with Crippen LogP contribution < -0.4 is 10.6 Å². The third-order valence-electron chi connectivity index (χ3n) is 3.72. The van der Waals surface area contributed by atoms with Gasteiger partial charge in [-0.15, -0.1) is 11.3 Å². The molecule has 1 aliphatic rings. The van der Waals surface area contributed by atoms with E-state index in [2.05, 4.69) is 16.0 Å². The summed E-state index contributed by atoms with van der Waals surface area (Å²) in [4.78, 5) is 6.72. The fraction of sp³-hybridized carbons (Fsp3) is 0.400. The highest BCUT2D eigenvalue weighted by Crippen LogP contribution is 2.32. The van der Waals surface area contributed by atoms with Crippen molar-refractivity contribution in [3.8, 4) is 0 Å². The lowest BCUT2D eigenvalue weighted by Gasteiger charge is -2.31. The molecule has 0 aliphatic carbocycles. The molecule has 0 saturated heterocycles. The van der Waals surface area contributed by atoms with Gasteiger partial charge in [0, 0.05) is 29.6 Å². The summed E-state index contributed by atoms with van der Waals surface area (Å²) in [6, 6.07) is 6.01. The highest BCUT2D eigenvalue weighted by atomic mass is 32.2. The molecule has 1 aliphatic heterocycles. The number of fused-ring (bicyclic) bond motifs is 1. The summed E-state index contributed by atoms with van der Waals surface area (Å²) < 4.78 is 22.7. The normalized spacial score (nSPS) is 14.9. The number of aromatic nitrogens is 1. The summed E-state index contributed by atoms with van der Waals surface area (Å²) >= 11 is 1.41. The van der Waals surface area contributed by atoms with Crippen molar-refractivity contribution in [2.75, 3.05) is 23.4 Å². The Morgan fingerprint density at radius 2 is 2.23 bits per heavy atom. The Bertz CT molecular complexity index is 784. The molecule has 0 fully saturated rings. The lowest BCUT2D eigenvalue weighted by molar-refractivity contribution is 0.601. The van der Waals surface area contributed by atoms with E-state index in [0.717, 1.165) is 30.8 Å². The van der Waals surface area contributed by atoms with E-state index >= 15 is 0 Å². The minimum Gasteiger partial charge on any atom is -0.398 e. The number of nitrogens with zero attached hydrogens (tertiary/aromatic N) is 2. The first-order valence-electron chi connectivity index (χ1n) is 7.16. The maximum absolute atomic E-state index is 11.3. The smallest absolute Gasteiger partial charge is 0.153 e. The molecule has 0 unspecified atom stereocenters. The number of benzene rings is 1. The van der Waals surface area contributed by atoms with Crippen LogP contribution in [0.3, 0.4) is 0 Å². The Hall–Kier alpha value is -1.60. The summed E-state index contributed by atoms with van der Waals surface area (Å²) in [6.07, 6.45) is 3.31. The number of nitrogens with two attached hydrogens (primary N) is 1. The van der Waals surface area contributed by atoms with Gasteiger partial charge in [-0.2, -0.15) is 0 Å². The lowest BCUT2D eigenvalue weighted by Crippen LogP contribution is -2.29. The first-order valence-corrected chi connectivity index (χ1v) is 10.1. The van der Waals surface area contributed by atoms with Gasteiger partial charge in [-0.05, 0) is 30.5 Å². The average Bonchev–Trinajstić information content (AvgIpc) is 2.85. The third kappa shape index (κ3) is 3.41. The predicted octanol–water partition coefficient (Wildman–Crippen LogP) is 2.22. The second-order valence-electron chi connectivity index (χ2n) is 5.67. The SMILES string of the molecule is CS(=O)(=O)Cc1nc(CN2CCCc3c(N)cccc32)cs1. The van der Waals surface area contributed by atoms with Crippen molar-refractivity contribution in [3.63, 3.8) is 0 Å². The van der Waals surface area contributed by atoms with Gasteiger partial charge in [0.25, 0.3) is 0 Å². The molecule has 22 heavy (non-hydrogen) atoms. The number of sulfone groups is 1. The van der Waals surface area contributed by atoms with Gasteiger partial charge in [0.2, 0.25) is 0 Å². The van der Waals surface area contributed by atoms with Gasteiger partial charge in [0.1, 0.15) is 10.8 Å². The molecule has 1 aromatic carbocycles. The zero-order valence-electron chi connectivity index (χ0n) is 12.4. The quantitative estimate of drug-likeness (QED) is 0.866. The number of rotatable bonds is 4. The molecule has 0 spiro atoms. The van der Waals surface area contributed by atoms with Crippen LogP contribution in [-0.2, 0) is 28.6 Å². The van der Waals surface area contributed by atoms with Gasteiger partial charge in [-0.25, -0.2) is 13.4 Å². The molecule has 0 saturated carbocycles. The molecular formula is C15H19N3O2S2. The molecule has 118 valence electrons. The first-order chi connectivity index (χ1) is 10.4. The average molecular weight is 337 g/mol. The standard InChI is InChI=1S/C15H19N3O2S2/c1-22(19,20)10-15-17-11(9-21-15)8-18-7-3-4-12-13(16)5-2-6-14(12)18/h2,5-6,9H,3-4,7-8,10,16H2,1H3. The monoisotopic (exact) mass is 337 g/mol. The highest BCUT2D eigenvalue weighted by Gasteiger charge is 2.19. The molecule has 2 heterocycles. The molecule has 5 nitrogen and oxygen atoms in total. The Balaban J connectivity index is 1.79. The Morgan fingerprint density at radius 3 is 3.00 bits per heavy atom. The van der Waals surface area contributed by atoms with Crippen LogP contribution in [0.2, 0.25) is 0 Å². The van der Waals surface area contributed by atoms with E-state index in [-0.39, 0.29) is 5.75 Å². The Morgan fingerprint density at radius 1 is 1.41 bits per heavy atom. The van der Waals surface area contributed by atoms with Crippen molar-refractivity contribution < 1.29 is 8.42 Å². The molecule has 7 heteroatoms. The lowest BCUT2D eigenvalue weighted by atomic mass is 10.00. The van der Waals surface area contributed by atoms with Crippen LogP contribution in [0.25, 0.3) is 0 Å². The zero-order chi connectivity index (χ0) is 15.7. The summed E-state index contributed by atoms with van der Waals surface area (Å²) in [6.45, 7) is 1.66. The summed E-state index contributed by atoms with van der Waals surface area (Å²) in [5.74, 6) is 0.0151. The largest absolute Gasteiger partial charge is 0.398 e. The number of thiazole rings is 1. The van der Waals surface area contributed by atoms with E-state index in [1.54, 1.807) is 0 Å². The second-order valence-corrected chi connectivity index (χ2v) is 8.76. The van der Waals surface area contributed by atoms with Gasteiger partial charge < -0.3 is 10.6 Å². The minimum atomic E-state index is -3.03. The van der Waals surface area contributed by atoms with E-state index in [1.807, 2.05) is 17.5 Å². The van der Waals surface area contributed by atoms with Crippen molar-refractivity contribution in [1.29, 1.82) is 0 Å². The van der Waals surface area contributed by atoms with E-state index < -0.39 is 9.84 Å². The molecule has 0 amide bonds. The summed E-state index contributed by atoms with van der Waals surface area (Å²) in [5, 5.41) is 2.60. The maximum Gasteiger partial charge on any atom is 0.153 e. The number of hydrogen-bond donors (Lipinski definition) is 1. The molecule has 2 N–H and O–H groups in total. The van der Waals surface area contributed by atoms with Crippen molar-refractivity contribution in [1.82, 2.24) is 4.98 Å². The van der Waals surface area contributed by atoms with Crippen LogP contribution in [0.15, 0.2) is 23.6 Å². The van der Waals surface area contributed by atoms with Crippen molar-refractivity contribution >= 4 is 32.5 Å². The number of anilines is 2. The number of hydrogen-bond acceptors (Lipinski definition) is 6. The fourth-order valence-corrected chi connectivity index (χ4v) is 4.80. The fourth-order valence-electron chi connectivity index (χ4n) is 2.80. The van der Waals surface area contributed by atoms with Crippen LogP contribution in [0.4, 0.5) is 11.4 Å². The van der Waals surface area contributed by atoms with E-state index in [1.165, 1.54) is 28.8 Å². The first kappa shape index (κ1) is 15.3. The van der Waals surface area contributed by atoms with Gasteiger partial charge in [0.05, 0.1) is 12.2 Å². The Kier molecular flexibility index (Phi) is 4.10. The van der Waals surface area contributed by atoms with Gasteiger partial charge in [-0.3, -0.25) is 0 Å². The molecule has 2 aromatic rings. The molecular weight excluding hydrogens is 318 g/mol. The van der Waals surface area contributed by atoms with Crippen LogP contribution in [0, 0.1) is 0 Å². The molecule has 3 rings (SSSR count). The van der Waals surface area contributed by atoms with E-state index in [9.17, 15) is 8.42 Å². The van der Waals surface area contributed by atoms with Crippen LogP contribution in [0.5, 0.6) is 0 Å². The molecule has 1 aromatic heterocycles. The molecule has 0 atom stereocenters. The number of nitrogen functional groups attached to an aromatic ring is 1.